The number of aromatic nitrogens is 2. The zero-order valence-corrected chi connectivity index (χ0v) is 10.9. The van der Waals surface area contributed by atoms with Crippen LogP contribution in [0.4, 0.5) is 0 Å². The number of hydrogen-bond donors (Lipinski definition) is 1. The summed E-state index contributed by atoms with van der Waals surface area (Å²) in [7, 11) is 0. The Balaban J connectivity index is 2.77. The molecule has 92 valence electrons. The molecule has 0 aliphatic rings. The summed E-state index contributed by atoms with van der Waals surface area (Å²) < 4.78 is 0. The first-order valence-corrected chi connectivity index (χ1v) is 5.87. The molecular weight excluding hydrogens is 224 g/mol. The monoisotopic (exact) mass is 240 g/mol. The Bertz CT molecular complexity index is 662. The highest BCUT2D eigenvalue weighted by molar-refractivity contribution is 6.06. The lowest BCUT2D eigenvalue weighted by Crippen LogP contribution is -1.93. The molecule has 0 aliphatic carbocycles. The van der Waals surface area contributed by atoms with Crippen molar-refractivity contribution in [3.8, 4) is 0 Å². The standard InChI is InChI=1S/C15H16N2O/c1-5-11(6-2)12-7-9(3)14-13(8-12)15(10(4)18)17-16-14/h5-8H,1H2,2-4H3,(H,16,17)/b11-6+. The highest BCUT2D eigenvalue weighted by atomic mass is 16.1. The predicted molar refractivity (Wildman–Crippen MR) is 74.7 cm³/mol. The first kappa shape index (κ1) is 12.3. The highest BCUT2D eigenvalue weighted by Gasteiger charge is 2.13. The van der Waals surface area contributed by atoms with E-state index in [4.69, 9.17) is 0 Å². The van der Waals surface area contributed by atoms with Crippen molar-refractivity contribution in [1.82, 2.24) is 10.2 Å². The Morgan fingerprint density at radius 1 is 1.44 bits per heavy atom. The summed E-state index contributed by atoms with van der Waals surface area (Å²) in [5, 5.41) is 7.89. The molecule has 0 saturated heterocycles. The van der Waals surface area contributed by atoms with Gasteiger partial charge in [-0.25, -0.2) is 0 Å². The fourth-order valence-corrected chi connectivity index (χ4v) is 2.13. The van der Waals surface area contributed by atoms with E-state index in [1.807, 2.05) is 32.1 Å². The molecule has 0 saturated carbocycles. The van der Waals surface area contributed by atoms with E-state index in [0.717, 1.165) is 27.6 Å². The van der Waals surface area contributed by atoms with Gasteiger partial charge in [-0.2, -0.15) is 5.10 Å². The summed E-state index contributed by atoms with van der Waals surface area (Å²) >= 11 is 0. The van der Waals surface area contributed by atoms with E-state index < -0.39 is 0 Å². The zero-order valence-electron chi connectivity index (χ0n) is 10.9. The van der Waals surface area contributed by atoms with E-state index in [1.165, 1.54) is 6.92 Å². The molecule has 2 aromatic rings. The van der Waals surface area contributed by atoms with Crippen molar-refractivity contribution in [2.45, 2.75) is 20.8 Å². The maximum absolute atomic E-state index is 11.5. The van der Waals surface area contributed by atoms with E-state index in [2.05, 4.69) is 22.8 Å². The second kappa shape index (κ2) is 4.61. The minimum atomic E-state index is -0.0292. The Morgan fingerprint density at radius 2 is 2.17 bits per heavy atom. The second-order valence-electron chi connectivity index (χ2n) is 4.29. The lowest BCUT2D eigenvalue weighted by Gasteiger charge is -2.05. The van der Waals surface area contributed by atoms with Crippen LogP contribution >= 0.6 is 0 Å². The molecular formula is C15H16N2O. The Morgan fingerprint density at radius 3 is 2.72 bits per heavy atom. The van der Waals surface area contributed by atoms with Crippen LogP contribution in [-0.2, 0) is 0 Å². The first-order chi connectivity index (χ1) is 8.58. The first-order valence-electron chi connectivity index (χ1n) is 5.87. The maximum atomic E-state index is 11.5. The number of nitrogens with one attached hydrogen (secondary N) is 1. The van der Waals surface area contributed by atoms with Crippen LogP contribution in [0.15, 0.2) is 30.9 Å². The largest absolute Gasteiger partial charge is 0.293 e. The number of aryl methyl sites for hydroxylation is 1. The number of ketones is 1. The number of carbonyl (C=O) groups is 1. The van der Waals surface area contributed by atoms with Gasteiger partial charge < -0.3 is 0 Å². The molecule has 3 heteroatoms. The lowest BCUT2D eigenvalue weighted by molar-refractivity contribution is 0.101. The average Bonchev–Trinajstić information content (AvgIpc) is 2.75. The van der Waals surface area contributed by atoms with Gasteiger partial charge in [-0.05, 0) is 42.7 Å². The number of hydrogen-bond acceptors (Lipinski definition) is 2. The molecule has 0 atom stereocenters. The summed E-state index contributed by atoms with van der Waals surface area (Å²) in [4.78, 5) is 11.5. The minimum absolute atomic E-state index is 0.0292. The van der Waals surface area contributed by atoms with Gasteiger partial charge in [-0.15, -0.1) is 0 Å². The van der Waals surface area contributed by atoms with Crippen molar-refractivity contribution >= 4 is 22.3 Å². The summed E-state index contributed by atoms with van der Waals surface area (Å²) in [5.41, 5.74) is 4.60. The Labute approximate surface area is 106 Å². The van der Waals surface area contributed by atoms with E-state index in [1.54, 1.807) is 0 Å². The average molecular weight is 240 g/mol. The van der Waals surface area contributed by atoms with Gasteiger partial charge in [0.25, 0.3) is 0 Å². The van der Waals surface area contributed by atoms with Gasteiger partial charge in [0.2, 0.25) is 0 Å². The number of rotatable bonds is 3. The molecule has 1 heterocycles. The van der Waals surface area contributed by atoms with E-state index in [-0.39, 0.29) is 5.78 Å². The number of carbonyl (C=O) groups excluding carboxylic acids is 1. The van der Waals surface area contributed by atoms with Gasteiger partial charge in [0.15, 0.2) is 5.78 Å². The summed E-state index contributed by atoms with van der Waals surface area (Å²) in [6.07, 6.45) is 3.81. The fourth-order valence-electron chi connectivity index (χ4n) is 2.13. The van der Waals surface area contributed by atoms with Gasteiger partial charge in [-0.3, -0.25) is 9.89 Å². The van der Waals surface area contributed by atoms with Crippen LogP contribution in [0.2, 0.25) is 0 Å². The van der Waals surface area contributed by atoms with Crippen LogP contribution in [0.25, 0.3) is 16.5 Å². The molecule has 1 aromatic carbocycles. The van der Waals surface area contributed by atoms with Crippen LogP contribution in [0.1, 0.15) is 35.5 Å². The number of aromatic amines is 1. The fraction of sp³-hybridized carbons (Fsp3) is 0.200. The molecule has 0 radical (unpaired) electrons. The van der Waals surface area contributed by atoms with Gasteiger partial charge in [-0.1, -0.05) is 18.7 Å². The molecule has 2 rings (SSSR count). The Kier molecular flexibility index (Phi) is 3.15. The zero-order chi connectivity index (χ0) is 13.3. The number of nitrogens with zero attached hydrogens (tertiary/aromatic N) is 1. The van der Waals surface area contributed by atoms with Crippen molar-refractivity contribution < 1.29 is 4.79 Å². The number of fused-ring (bicyclic) bond motifs is 1. The van der Waals surface area contributed by atoms with Crippen molar-refractivity contribution in [2.75, 3.05) is 0 Å². The third-order valence-corrected chi connectivity index (χ3v) is 3.07. The predicted octanol–water partition coefficient (Wildman–Crippen LogP) is 3.66. The van der Waals surface area contributed by atoms with E-state index in [9.17, 15) is 4.79 Å². The molecule has 0 amide bonds. The normalized spacial score (nSPS) is 11.8. The molecule has 0 fully saturated rings. The molecule has 0 unspecified atom stereocenters. The minimum Gasteiger partial charge on any atom is -0.293 e. The molecule has 1 aromatic heterocycles. The molecule has 3 nitrogen and oxygen atoms in total. The highest BCUT2D eigenvalue weighted by Crippen LogP contribution is 2.26. The number of benzene rings is 1. The number of allylic oxidation sites excluding steroid dienone is 3. The van der Waals surface area contributed by atoms with Crippen LogP contribution in [0.3, 0.4) is 0 Å². The third kappa shape index (κ3) is 1.88. The van der Waals surface area contributed by atoms with Gasteiger partial charge in [0.05, 0.1) is 5.52 Å². The SMILES string of the molecule is C=C/C(=C\C)c1cc(C)c2[nH]nc(C(C)=O)c2c1. The number of Topliss-reactive ketones (excluding diaryl/α,β-unsaturated/α-hetero) is 1. The van der Waals surface area contributed by atoms with Crippen molar-refractivity contribution in [3.05, 3.63) is 47.7 Å². The summed E-state index contributed by atoms with van der Waals surface area (Å²) in [5.74, 6) is -0.0292. The lowest BCUT2D eigenvalue weighted by atomic mass is 9.99. The summed E-state index contributed by atoms with van der Waals surface area (Å²) in [6.45, 7) is 9.31. The van der Waals surface area contributed by atoms with Crippen LogP contribution < -0.4 is 0 Å². The topological polar surface area (TPSA) is 45.8 Å². The Hall–Kier alpha value is -2.16. The van der Waals surface area contributed by atoms with Crippen molar-refractivity contribution in [2.24, 2.45) is 0 Å². The van der Waals surface area contributed by atoms with Gasteiger partial charge in [0, 0.05) is 12.3 Å². The van der Waals surface area contributed by atoms with Gasteiger partial charge >= 0.3 is 0 Å². The van der Waals surface area contributed by atoms with Crippen LogP contribution in [-0.4, -0.2) is 16.0 Å². The number of H-pyrrole nitrogens is 1. The third-order valence-electron chi connectivity index (χ3n) is 3.07. The van der Waals surface area contributed by atoms with Crippen LogP contribution in [0, 0.1) is 6.92 Å². The van der Waals surface area contributed by atoms with Gasteiger partial charge in [0.1, 0.15) is 5.69 Å². The molecule has 18 heavy (non-hydrogen) atoms. The molecule has 0 bridgehead atoms. The second-order valence-corrected chi connectivity index (χ2v) is 4.29. The van der Waals surface area contributed by atoms with E-state index >= 15 is 0 Å². The van der Waals surface area contributed by atoms with Crippen LogP contribution in [0.5, 0.6) is 0 Å². The van der Waals surface area contributed by atoms with Crippen molar-refractivity contribution in [3.63, 3.8) is 0 Å². The smallest absolute Gasteiger partial charge is 0.180 e. The molecule has 0 aliphatic heterocycles. The maximum Gasteiger partial charge on any atom is 0.180 e. The quantitative estimate of drug-likeness (QED) is 0.657. The molecule has 1 N–H and O–H groups in total. The molecule has 0 spiro atoms. The van der Waals surface area contributed by atoms with E-state index in [0.29, 0.717) is 5.69 Å². The van der Waals surface area contributed by atoms with Crippen molar-refractivity contribution in [1.29, 1.82) is 0 Å². The summed E-state index contributed by atoms with van der Waals surface area (Å²) in [6, 6.07) is 4.06.